The molecule has 0 aliphatic rings. The molecule has 2 N–H and O–H groups in total. The van der Waals surface area contributed by atoms with Gasteiger partial charge in [-0.25, -0.2) is 8.93 Å². The summed E-state index contributed by atoms with van der Waals surface area (Å²) in [6.45, 7) is 0.279. The normalized spacial score (nSPS) is 15.4. The van der Waals surface area contributed by atoms with Crippen molar-refractivity contribution in [3.63, 3.8) is 0 Å². The third kappa shape index (κ3) is 3.72. The van der Waals surface area contributed by atoms with Crippen LogP contribution in [0.3, 0.4) is 0 Å². The fraction of sp³-hybridized carbons (Fsp3) is 0.167. The second-order valence-corrected chi connectivity index (χ2v) is 4.75. The van der Waals surface area contributed by atoms with E-state index in [1.165, 1.54) is 0 Å². The quantitative estimate of drug-likeness (QED) is 0.743. The summed E-state index contributed by atoms with van der Waals surface area (Å²) < 4.78 is 21.6. The largest absolute Gasteiger partial charge is 0.294 e. The second kappa shape index (κ2) is 3.90. The first-order valence-electron chi connectivity index (χ1n) is 3.19. The predicted molar refractivity (Wildman–Crippen MR) is 49.2 cm³/mol. The van der Waals surface area contributed by atoms with Crippen LogP contribution >= 0.6 is 0 Å². The maximum Gasteiger partial charge on any atom is 0.207 e. The fourth-order valence-corrected chi connectivity index (χ4v) is 1.20. The van der Waals surface area contributed by atoms with Crippen LogP contribution in [0.4, 0.5) is 0 Å². The molecule has 1 heterocycles. The lowest BCUT2D eigenvalue weighted by atomic mass is 10.3. The SMILES string of the molecule is O=S(O)(=S)NCc1ccncc1. The average Bonchev–Trinajstić information content (AvgIpc) is 2.02. The van der Waals surface area contributed by atoms with E-state index in [0.29, 0.717) is 0 Å². The third-order valence-corrected chi connectivity index (χ3v) is 2.07. The van der Waals surface area contributed by atoms with Crippen molar-refractivity contribution >= 4 is 20.1 Å². The van der Waals surface area contributed by atoms with E-state index in [1.807, 2.05) is 0 Å². The Morgan fingerprint density at radius 2 is 2.17 bits per heavy atom. The fourth-order valence-electron chi connectivity index (χ4n) is 0.675. The lowest BCUT2D eigenvalue weighted by Gasteiger charge is -2.01. The molecule has 0 saturated heterocycles. The summed E-state index contributed by atoms with van der Waals surface area (Å²) in [5, 5.41) is 0. The Morgan fingerprint density at radius 1 is 1.58 bits per heavy atom. The molecule has 0 aliphatic heterocycles. The van der Waals surface area contributed by atoms with Crippen molar-refractivity contribution in [1.29, 1.82) is 0 Å². The highest BCUT2D eigenvalue weighted by molar-refractivity contribution is 8.28. The zero-order valence-corrected chi connectivity index (χ0v) is 7.77. The van der Waals surface area contributed by atoms with Crippen LogP contribution < -0.4 is 4.72 Å². The number of hydrogen-bond acceptors (Lipinski definition) is 3. The number of pyridine rings is 1. The average molecular weight is 204 g/mol. The molecule has 1 unspecified atom stereocenters. The molecule has 0 aromatic carbocycles. The Balaban J connectivity index is 2.56. The first-order valence-corrected chi connectivity index (χ1v) is 5.63. The molecule has 6 heteroatoms. The Kier molecular flexibility index (Phi) is 3.10. The molecule has 0 bridgehead atoms. The van der Waals surface area contributed by atoms with Crippen LogP contribution in [-0.2, 0) is 26.7 Å². The Hall–Kier alpha value is -0.560. The molecule has 0 radical (unpaired) electrons. The summed E-state index contributed by atoms with van der Waals surface area (Å²) in [5.41, 5.74) is 0.872. The molecule has 1 aromatic heterocycles. The minimum atomic E-state index is -3.26. The van der Waals surface area contributed by atoms with E-state index in [9.17, 15) is 4.21 Å². The molecular formula is C6H8N2O2S2. The van der Waals surface area contributed by atoms with Crippen LogP contribution in [0.5, 0.6) is 0 Å². The Bertz CT molecular complexity index is 336. The number of nitrogens with one attached hydrogen (secondary N) is 1. The van der Waals surface area contributed by atoms with E-state index >= 15 is 0 Å². The third-order valence-electron chi connectivity index (χ3n) is 1.21. The van der Waals surface area contributed by atoms with Gasteiger partial charge in [0.2, 0.25) is 8.96 Å². The van der Waals surface area contributed by atoms with Gasteiger partial charge in [-0.1, -0.05) is 0 Å². The highest BCUT2D eigenvalue weighted by Crippen LogP contribution is 1.95. The number of rotatable bonds is 3. The van der Waals surface area contributed by atoms with Crippen LogP contribution in [0, 0.1) is 0 Å². The maximum absolute atomic E-state index is 10.6. The van der Waals surface area contributed by atoms with Gasteiger partial charge >= 0.3 is 0 Å². The minimum absolute atomic E-state index is 0.279. The summed E-state index contributed by atoms with van der Waals surface area (Å²) >= 11 is 4.24. The van der Waals surface area contributed by atoms with Crippen LogP contribution in [0.15, 0.2) is 24.5 Å². The van der Waals surface area contributed by atoms with Crippen molar-refractivity contribution in [2.45, 2.75) is 6.54 Å². The smallest absolute Gasteiger partial charge is 0.207 e. The summed E-state index contributed by atoms with van der Waals surface area (Å²) in [4.78, 5) is 3.80. The number of nitrogens with zero attached hydrogens (tertiary/aromatic N) is 1. The maximum atomic E-state index is 10.6. The first kappa shape index (κ1) is 9.53. The standard InChI is InChI=1S/C6H8N2O2S2/c9-12(10,11)8-5-6-1-3-7-4-2-6/h1-4,8H,5H2,(H,9,10,11). The van der Waals surface area contributed by atoms with Gasteiger partial charge in [-0.15, -0.1) is 0 Å². The molecule has 4 nitrogen and oxygen atoms in total. The molecule has 66 valence electrons. The van der Waals surface area contributed by atoms with Crippen LogP contribution in [0.2, 0.25) is 0 Å². The van der Waals surface area contributed by atoms with Crippen molar-refractivity contribution in [3.8, 4) is 0 Å². The first-order chi connectivity index (χ1) is 5.58. The van der Waals surface area contributed by atoms with Crippen molar-refractivity contribution in [1.82, 2.24) is 9.71 Å². The van der Waals surface area contributed by atoms with Gasteiger partial charge < -0.3 is 0 Å². The van der Waals surface area contributed by atoms with Crippen molar-refractivity contribution in [2.75, 3.05) is 0 Å². The summed E-state index contributed by atoms with van der Waals surface area (Å²) in [5.74, 6) is 0. The molecule has 0 aliphatic carbocycles. The zero-order chi connectivity index (χ0) is 9.03. The van der Waals surface area contributed by atoms with Crippen molar-refractivity contribution in [2.24, 2.45) is 0 Å². The number of hydrogen-bond donors (Lipinski definition) is 2. The van der Waals surface area contributed by atoms with Gasteiger partial charge in [0.15, 0.2) is 0 Å². The topological polar surface area (TPSA) is 62.2 Å². The molecule has 0 fully saturated rings. The van der Waals surface area contributed by atoms with Crippen molar-refractivity contribution in [3.05, 3.63) is 30.1 Å². The van der Waals surface area contributed by atoms with Crippen LogP contribution in [0.1, 0.15) is 5.56 Å². The van der Waals surface area contributed by atoms with E-state index in [0.717, 1.165) is 5.56 Å². The summed E-state index contributed by atoms with van der Waals surface area (Å²) in [6, 6.07) is 3.49. The zero-order valence-electron chi connectivity index (χ0n) is 6.14. The van der Waals surface area contributed by atoms with E-state index in [4.69, 9.17) is 4.55 Å². The van der Waals surface area contributed by atoms with Crippen LogP contribution in [-0.4, -0.2) is 13.7 Å². The lowest BCUT2D eigenvalue weighted by molar-refractivity contribution is 0.546. The molecule has 0 amide bonds. The molecule has 1 atom stereocenters. The van der Waals surface area contributed by atoms with Gasteiger partial charge in [0.05, 0.1) is 0 Å². The van der Waals surface area contributed by atoms with Gasteiger partial charge in [0, 0.05) is 30.1 Å². The molecule has 0 spiro atoms. The van der Waals surface area contributed by atoms with Gasteiger partial charge in [-0.2, -0.15) is 0 Å². The molecule has 1 aromatic rings. The number of aromatic nitrogens is 1. The van der Waals surface area contributed by atoms with Gasteiger partial charge in [-0.3, -0.25) is 9.54 Å². The van der Waals surface area contributed by atoms with E-state index < -0.39 is 8.96 Å². The monoisotopic (exact) mass is 204 g/mol. The lowest BCUT2D eigenvalue weighted by Crippen LogP contribution is -2.20. The minimum Gasteiger partial charge on any atom is -0.294 e. The summed E-state index contributed by atoms with van der Waals surface area (Å²) in [7, 11) is -3.26. The summed E-state index contributed by atoms with van der Waals surface area (Å²) in [6.07, 6.45) is 3.22. The molecule has 1 rings (SSSR count). The Morgan fingerprint density at radius 3 is 2.67 bits per heavy atom. The molecule has 12 heavy (non-hydrogen) atoms. The van der Waals surface area contributed by atoms with E-state index in [1.54, 1.807) is 24.5 Å². The molecular weight excluding hydrogens is 196 g/mol. The second-order valence-electron chi connectivity index (χ2n) is 2.15. The molecule has 0 saturated carbocycles. The predicted octanol–water partition coefficient (Wildman–Crippen LogP) is 0.305. The van der Waals surface area contributed by atoms with E-state index in [2.05, 4.69) is 20.9 Å². The highest BCUT2D eigenvalue weighted by atomic mass is 32.8. The van der Waals surface area contributed by atoms with Gasteiger partial charge in [0.1, 0.15) is 0 Å². The Labute approximate surface area is 75.7 Å². The van der Waals surface area contributed by atoms with Crippen molar-refractivity contribution < 1.29 is 8.76 Å². The van der Waals surface area contributed by atoms with Gasteiger partial charge in [-0.05, 0) is 17.7 Å². The highest BCUT2D eigenvalue weighted by Gasteiger charge is 1.97. The van der Waals surface area contributed by atoms with Gasteiger partial charge in [0.25, 0.3) is 0 Å². The van der Waals surface area contributed by atoms with E-state index in [-0.39, 0.29) is 6.54 Å². The van der Waals surface area contributed by atoms with Crippen LogP contribution in [0.25, 0.3) is 0 Å².